The largest absolute Gasteiger partial charge is 0.356 e. The lowest BCUT2D eigenvalue weighted by molar-refractivity contribution is 1.32. The summed E-state index contributed by atoms with van der Waals surface area (Å²) in [5.41, 5.74) is 17.7. The number of nitrogens with zero attached hydrogens (tertiary/aromatic N) is 5. The Balaban J connectivity index is 0.000000123. The van der Waals surface area contributed by atoms with Crippen LogP contribution in [0.2, 0.25) is 0 Å². The average Bonchev–Trinajstić information content (AvgIpc) is 3.54. The van der Waals surface area contributed by atoms with Gasteiger partial charge in [-0.15, -0.1) is 0 Å². The van der Waals surface area contributed by atoms with Gasteiger partial charge in [-0.1, -0.05) is 140 Å². The monoisotopic (exact) mass is 1040 g/mol. The van der Waals surface area contributed by atoms with Crippen molar-refractivity contribution < 1.29 is 0 Å². The number of anilines is 8. The SMILES string of the molecule is c1ccc(Nc2ccc(-c3cccnc3)cc2)cc1.c1ccc(Nc2cccnc2)cc1.c1cncc(-c2ccc(Nc3ccc(-c4cccnc4)cc3)cc2)c1.c1cncc(-c2ccc(Nc3ccc4ccccc4c3)cc2)c1. The third-order valence-electron chi connectivity index (χ3n) is 12.6. The van der Waals surface area contributed by atoms with Gasteiger partial charge in [-0.25, -0.2) is 0 Å². The Hall–Kier alpha value is -11.0. The summed E-state index contributed by atoms with van der Waals surface area (Å²) in [5.74, 6) is 0. The molecule has 5 aromatic heterocycles. The average molecular weight is 1040 g/mol. The molecule has 0 saturated carbocycles. The van der Waals surface area contributed by atoms with E-state index >= 15 is 0 Å². The highest BCUT2D eigenvalue weighted by atomic mass is 14.9. The van der Waals surface area contributed by atoms with Crippen molar-refractivity contribution in [2.75, 3.05) is 21.3 Å². The van der Waals surface area contributed by atoms with E-state index in [1.807, 2.05) is 110 Å². The Kier molecular flexibility index (Phi) is 18.1. The number of pyridine rings is 5. The van der Waals surface area contributed by atoms with Gasteiger partial charge in [-0.05, 0) is 177 Å². The van der Waals surface area contributed by atoms with Crippen molar-refractivity contribution >= 4 is 56.3 Å². The first-order chi connectivity index (χ1) is 39.6. The number of hydrogen-bond donors (Lipinski definition) is 4. The molecule has 13 rings (SSSR count). The van der Waals surface area contributed by atoms with Gasteiger partial charge in [0.2, 0.25) is 0 Å². The fourth-order valence-corrected chi connectivity index (χ4v) is 8.53. The smallest absolute Gasteiger partial charge is 0.0570 e. The summed E-state index contributed by atoms with van der Waals surface area (Å²) in [4.78, 5) is 20.6. The lowest BCUT2D eigenvalue weighted by Gasteiger charge is -2.09. The molecule has 9 heteroatoms. The fourth-order valence-electron chi connectivity index (χ4n) is 8.53. The van der Waals surface area contributed by atoms with Crippen LogP contribution in [-0.2, 0) is 0 Å². The highest BCUT2D eigenvalue weighted by Crippen LogP contribution is 2.28. The van der Waals surface area contributed by atoms with Gasteiger partial charge in [0.15, 0.2) is 0 Å². The topological polar surface area (TPSA) is 113 Å². The van der Waals surface area contributed by atoms with E-state index in [1.54, 1.807) is 37.2 Å². The summed E-state index contributed by atoms with van der Waals surface area (Å²) >= 11 is 0. The van der Waals surface area contributed by atoms with Crippen molar-refractivity contribution in [1.82, 2.24) is 24.9 Å². The van der Waals surface area contributed by atoms with Crippen molar-refractivity contribution in [2.24, 2.45) is 0 Å². The normalized spacial score (nSPS) is 10.2. The predicted octanol–water partition coefficient (Wildman–Crippen LogP) is 18.5. The van der Waals surface area contributed by atoms with Gasteiger partial charge >= 0.3 is 0 Å². The van der Waals surface area contributed by atoms with Gasteiger partial charge in [0.1, 0.15) is 0 Å². The minimum Gasteiger partial charge on any atom is -0.356 e. The molecule has 0 radical (unpaired) electrons. The van der Waals surface area contributed by atoms with E-state index in [0.29, 0.717) is 0 Å². The molecular weight excluding hydrogens is 979 g/mol. The molecule has 0 saturated heterocycles. The van der Waals surface area contributed by atoms with Crippen molar-refractivity contribution in [3.8, 4) is 44.5 Å². The molecule has 0 atom stereocenters. The van der Waals surface area contributed by atoms with Gasteiger partial charge in [0.25, 0.3) is 0 Å². The van der Waals surface area contributed by atoms with E-state index in [1.165, 1.54) is 21.9 Å². The zero-order chi connectivity index (χ0) is 54.2. The summed E-state index contributed by atoms with van der Waals surface area (Å²) in [6, 6.07) is 88.4. The van der Waals surface area contributed by atoms with Gasteiger partial charge in [0.05, 0.1) is 11.9 Å². The maximum atomic E-state index is 4.16. The van der Waals surface area contributed by atoms with Crippen LogP contribution in [0.25, 0.3) is 55.3 Å². The van der Waals surface area contributed by atoms with Crippen LogP contribution in [0.1, 0.15) is 0 Å². The first-order valence-electron chi connectivity index (χ1n) is 26.2. The Morgan fingerprint density at radius 1 is 0.175 bits per heavy atom. The second-order valence-corrected chi connectivity index (χ2v) is 18.3. The Bertz CT molecular complexity index is 3740. The molecule has 0 aliphatic rings. The van der Waals surface area contributed by atoms with E-state index in [4.69, 9.17) is 0 Å². The molecular formula is C71H57N9. The molecule has 5 heterocycles. The molecule has 0 aliphatic carbocycles. The summed E-state index contributed by atoms with van der Waals surface area (Å²) in [5, 5.41) is 16.0. The molecule has 0 spiro atoms. The highest BCUT2D eigenvalue weighted by molar-refractivity contribution is 5.86. The number of hydrogen-bond acceptors (Lipinski definition) is 9. The van der Waals surface area contributed by atoms with E-state index < -0.39 is 0 Å². The third-order valence-corrected chi connectivity index (χ3v) is 12.6. The van der Waals surface area contributed by atoms with E-state index in [0.717, 1.165) is 78.9 Å². The Labute approximate surface area is 467 Å². The predicted molar refractivity (Wildman–Crippen MR) is 333 cm³/mol. The standard InChI is InChI=1S/C22H17N3.C21H16N2.C17H14N2.C11H10N2/c1-3-19(15-23-13-1)17-5-9-21(10-6-17)25-22-11-7-18(8-12-22)20-4-2-14-24-16-20;1-2-5-18-14-21(12-9-16(18)4-1)23-20-10-7-17(8-11-20)19-6-3-13-22-15-19;1-2-6-16(7-3-1)19-17-10-8-14(9-11-17)15-5-4-12-18-13-15;1-2-5-10(6-3-1)13-11-7-4-8-12-9-11/h1-16,25H;1-15,23H;1-13,19H;1-9,13H. The van der Waals surface area contributed by atoms with Crippen LogP contribution in [0.4, 0.5) is 45.5 Å². The van der Waals surface area contributed by atoms with Gasteiger partial charge in [-0.2, -0.15) is 0 Å². The lowest BCUT2D eigenvalue weighted by atomic mass is 10.1. The van der Waals surface area contributed by atoms with Crippen molar-refractivity contribution in [3.63, 3.8) is 0 Å². The fraction of sp³-hybridized carbons (Fsp3) is 0. The van der Waals surface area contributed by atoms with Crippen LogP contribution in [0.15, 0.2) is 323 Å². The first kappa shape index (κ1) is 52.4. The molecule has 386 valence electrons. The van der Waals surface area contributed by atoms with Crippen molar-refractivity contribution in [1.29, 1.82) is 0 Å². The lowest BCUT2D eigenvalue weighted by Crippen LogP contribution is -1.90. The van der Waals surface area contributed by atoms with Gasteiger partial charge < -0.3 is 21.3 Å². The summed E-state index contributed by atoms with van der Waals surface area (Å²) < 4.78 is 0. The second kappa shape index (κ2) is 27.7. The summed E-state index contributed by atoms with van der Waals surface area (Å²) in [6.45, 7) is 0. The van der Waals surface area contributed by atoms with Crippen LogP contribution < -0.4 is 21.3 Å². The van der Waals surface area contributed by atoms with Crippen LogP contribution in [-0.4, -0.2) is 24.9 Å². The van der Waals surface area contributed by atoms with E-state index in [2.05, 4.69) is 222 Å². The molecule has 13 aromatic rings. The second-order valence-electron chi connectivity index (χ2n) is 18.3. The highest BCUT2D eigenvalue weighted by Gasteiger charge is 2.04. The third kappa shape index (κ3) is 15.5. The van der Waals surface area contributed by atoms with Gasteiger partial charge in [0, 0.05) is 95.6 Å². The van der Waals surface area contributed by atoms with Crippen LogP contribution in [0.3, 0.4) is 0 Å². The minimum absolute atomic E-state index is 1.01. The zero-order valence-corrected chi connectivity index (χ0v) is 43.8. The Morgan fingerprint density at radius 3 is 0.787 bits per heavy atom. The maximum absolute atomic E-state index is 4.16. The minimum atomic E-state index is 1.01. The number of nitrogens with one attached hydrogen (secondary N) is 4. The molecule has 4 N–H and O–H groups in total. The van der Waals surface area contributed by atoms with Crippen molar-refractivity contribution in [3.05, 3.63) is 323 Å². The number of fused-ring (bicyclic) bond motifs is 1. The molecule has 8 aromatic carbocycles. The number of para-hydroxylation sites is 2. The molecule has 0 amide bonds. The van der Waals surface area contributed by atoms with Crippen LogP contribution >= 0.6 is 0 Å². The number of benzene rings is 8. The molecule has 80 heavy (non-hydrogen) atoms. The van der Waals surface area contributed by atoms with Crippen molar-refractivity contribution in [2.45, 2.75) is 0 Å². The molecule has 0 bridgehead atoms. The van der Waals surface area contributed by atoms with Crippen LogP contribution in [0.5, 0.6) is 0 Å². The Morgan fingerprint density at radius 2 is 0.450 bits per heavy atom. The molecule has 9 nitrogen and oxygen atoms in total. The summed E-state index contributed by atoms with van der Waals surface area (Å²) in [7, 11) is 0. The van der Waals surface area contributed by atoms with E-state index in [-0.39, 0.29) is 0 Å². The number of aromatic nitrogens is 5. The van der Waals surface area contributed by atoms with E-state index in [9.17, 15) is 0 Å². The molecule has 0 fully saturated rings. The molecule has 0 aliphatic heterocycles. The van der Waals surface area contributed by atoms with Crippen LogP contribution in [0, 0.1) is 0 Å². The quantitative estimate of drug-likeness (QED) is 0.0950. The first-order valence-corrected chi connectivity index (χ1v) is 26.2. The summed E-state index contributed by atoms with van der Waals surface area (Å²) in [6.07, 6.45) is 18.2. The zero-order valence-electron chi connectivity index (χ0n) is 43.8. The maximum Gasteiger partial charge on any atom is 0.0570 e. The van der Waals surface area contributed by atoms with Gasteiger partial charge in [-0.3, -0.25) is 24.9 Å². The number of rotatable bonds is 12. The molecule has 0 unspecified atom stereocenters.